The van der Waals surface area contributed by atoms with Crippen LogP contribution in [0.2, 0.25) is 0 Å². The molecule has 0 radical (unpaired) electrons. The minimum Gasteiger partial charge on any atom is -0.478 e. The highest BCUT2D eigenvalue weighted by molar-refractivity contribution is 5.92. The van der Waals surface area contributed by atoms with Crippen LogP contribution in [0.4, 0.5) is 4.39 Å². The van der Waals surface area contributed by atoms with E-state index in [0.29, 0.717) is 12.1 Å². The number of aromatic carboxylic acids is 1. The number of nitrogens with two attached hydrogens (primary N) is 1. The summed E-state index contributed by atoms with van der Waals surface area (Å²) in [5, 5.41) is 12.4. The predicted molar refractivity (Wildman–Crippen MR) is 89.6 cm³/mol. The Morgan fingerprint density at radius 3 is 2.24 bits per heavy atom. The summed E-state index contributed by atoms with van der Waals surface area (Å²) in [6.07, 6.45) is 3.62. The van der Waals surface area contributed by atoms with E-state index in [0.717, 1.165) is 11.6 Å². The van der Waals surface area contributed by atoms with Crippen molar-refractivity contribution in [3.8, 4) is 0 Å². The maximum absolute atomic E-state index is 12.5. The molecule has 0 aliphatic rings. The van der Waals surface area contributed by atoms with Gasteiger partial charge in [0.15, 0.2) is 0 Å². The van der Waals surface area contributed by atoms with Crippen LogP contribution >= 0.6 is 0 Å². The van der Waals surface area contributed by atoms with E-state index >= 15 is 0 Å². The molecular formula is C18H16FN3O3. The molecule has 1 aromatic heterocycles. The molecule has 3 aromatic rings. The number of carboxylic acids is 1. The zero-order valence-electron chi connectivity index (χ0n) is 13.2. The fourth-order valence-electron chi connectivity index (χ4n) is 1.99. The van der Waals surface area contributed by atoms with Gasteiger partial charge in [-0.3, -0.25) is 9.48 Å². The summed E-state index contributed by atoms with van der Waals surface area (Å²) in [4.78, 5) is 21.0. The minimum atomic E-state index is -1.24. The average Bonchev–Trinajstić information content (AvgIpc) is 3.09. The zero-order valence-corrected chi connectivity index (χ0v) is 13.2. The summed E-state index contributed by atoms with van der Waals surface area (Å²) < 4.78 is 14.3. The van der Waals surface area contributed by atoms with Crippen LogP contribution in [0.15, 0.2) is 67.0 Å². The van der Waals surface area contributed by atoms with Gasteiger partial charge < -0.3 is 10.8 Å². The Hall–Kier alpha value is -3.48. The lowest BCUT2D eigenvalue weighted by molar-refractivity contribution is 0.0691. The monoisotopic (exact) mass is 341 g/mol. The number of carbonyl (C=O) groups is 2. The molecule has 0 unspecified atom stereocenters. The van der Waals surface area contributed by atoms with Gasteiger partial charge in [-0.05, 0) is 35.9 Å². The van der Waals surface area contributed by atoms with Crippen LogP contribution in [0, 0.1) is 5.82 Å². The smallest absolute Gasteiger partial charge is 0.338 e. The number of primary amides is 1. The summed E-state index contributed by atoms with van der Waals surface area (Å²) in [5.41, 5.74) is 6.47. The molecule has 7 heteroatoms. The van der Waals surface area contributed by atoms with Gasteiger partial charge in [-0.25, -0.2) is 9.18 Å². The second kappa shape index (κ2) is 8.39. The SMILES string of the molecule is NC(=O)c1ccc(Cn2cccn2)cc1.O=C(O)c1ccccc1F. The number of amides is 1. The Bertz CT molecular complexity index is 846. The Labute approximate surface area is 143 Å². The van der Waals surface area contributed by atoms with Crippen LogP contribution in [0.1, 0.15) is 26.3 Å². The maximum atomic E-state index is 12.5. The first kappa shape index (κ1) is 17.9. The lowest BCUT2D eigenvalue weighted by Crippen LogP contribution is -2.10. The van der Waals surface area contributed by atoms with E-state index < -0.39 is 17.7 Å². The normalized spacial score (nSPS) is 9.80. The number of hydrogen-bond donors (Lipinski definition) is 2. The number of nitrogens with zero attached hydrogens (tertiary/aromatic N) is 2. The number of halogens is 1. The fourth-order valence-corrected chi connectivity index (χ4v) is 1.99. The second-order valence-electron chi connectivity index (χ2n) is 5.05. The third-order valence-corrected chi connectivity index (χ3v) is 3.25. The van der Waals surface area contributed by atoms with E-state index in [1.807, 2.05) is 29.1 Å². The van der Waals surface area contributed by atoms with E-state index in [-0.39, 0.29) is 5.56 Å². The highest BCUT2D eigenvalue weighted by Crippen LogP contribution is 2.06. The first-order chi connectivity index (χ1) is 12.0. The molecule has 0 bridgehead atoms. The van der Waals surface area contributed by atoms with Crippen molar-refractivity contribution in [3.05, 3.63) is 89.5 Å². The van der Waals surface area contributed by atoms with Crippen molar-refractivity contribution in [2.45, 2.75) is 6.54 Å². The molecule has 6 nitrogen and oxygen atoms in total. The van der Waals surface area contributed by atoms with Gasteiger partial charge >= 0.3 is 5.97 Å². The zero-order chi connectivity index (χ0) is 18.2. The van der Waals surface area contributed by atoms with Crippen molar-refractivity contribution in [2.24, 2.45) is 5.73 Å². The molecule has 0 saturated carbocycles. The third kappa shape index (κ3) is 5.28. The van der Waals surface area contributed by atoms with E-state index in [2.05, 4.69) is 5.10 Å². The van der Waals surface area contributed by atoms with Crippen molar-refractivity contribution >= 4 is 11.9 Å². The van der Waals surface area contributed by atoms with E-state index in [1.165, 1.54) is 18.2 Å². The fraction of sp³-hybridized carbons (Fsp3) is 0.0556. The molecular weight excluding hydrogens is 325 g/mol. The molecule has 1 heterocycles. The first-order valence-electron chi connectivity index (χ1n) is 7.31. The van der Waals surface area contributed by atoms with Gasteiger partial charge in [0.1, 0.15) is 5.82 Å². The predicted octanol–water partition coefficient (Wildman–Crippen LogP) is 2.55. The lowest BCUT2D eigenvalue weighted by atomic mass is 10.1. The number of aromatic nitrogens is 2. The molecule has 0 fully saturated rings. The van der Waals surface area contributed by atoms with Gasteiger partial charge in [0, 0.05) is 18.0 Å². The van der Waals surface area contributed by atoms with Crippen molar-refractivity contribution in [1.29, 1.82) is 0 Å². The topological polar surface area (TPSA) is 98.2 Å². The standard InChI is InChI=1S/C11H11N3O.C7H5FO2/c12-11(15)10-4-2-9(3-5-10)8-14-7-1-6-13-14;8-6-4-2-1-3-5(6)7(9)10/h1-7H,8H2,(H2,12,15);1-4H,(H,9,10). The van der Waals surface area contributed by atoms with Crippen LogP contribution in [-0.2, 0) is 6.54 Å². The van der Waals surface area contributed by atoms with Crippen LogP contribution in [0.25, 0.3) is 0 Å². The van der Waals surface area contributed by atoms with Gasteiger partial charge in [0.05, 0.1) is 12.1 Å². The van der Waals surface area contributed by atoms with Crippen molar-refractivity contribution in [3.63, 3.8) is 0 Å². The van der Waals surface area contributed by atoms with Crippen LogP contribution in [0.3, 0.4) is 0 Å². The molecule has 128 valence electrons. The minimum absolute atomic E-state index is 0.289. The Kier molecular flexibility index (Phi) is 6.00. The second-order valence-corrected chi connectivity index (χ2v) is 5.05. The number of carbonyl (C=O) groups excluding carboxylic acids is 1. The van der Waals surface area contributed by atoms with Gasteiger partial charge in [-0.1, -0.05) is 24.3 Å². The van der Waals surface area contributed by atoms with Crippen LogP contribution in [-0.4, -0.2) is 26.8 Å². The van der Waals surface area contributed by atoms with Crippen LogP contribution in [0.5, 0.6) is 0 Å². The van der Waals surface area contributed by atoms with Gasteiger partial charge in [0.25, 0.3) is 0 Å². The summed E-state index contributed by atoms with van der Waals surface area (Å²) in [6, 6.07) is 14.3. The molecule has 0 saturated heterocycles. The number of hydrogen-bond acceptors (Lipinski definition) is 3. The van der Waals surface area contributed by atoms with E-state index in [1.54, 1.807) is 18.3 Å². The summed E-state index contributed by atoms with van der Waals surface area (Å²) >= 11 is 0. The number of rotatable bonds is 4. The summed E-state index contributed by atoms with van der Waals surface area (Å²) in [7, 11) is 0. The highest BCUT2D eigenvalue weighted by Gasteiger charge is 2.06. The van der Waals surface area contributed by atoms with E-state index in [9.17, 15) is 14.0 Å². The number of benzene rings is 2. The third-order valence-electron chi connectivity index (χ3n) is 3.25. The molecule has 3 N–H and O–H groups in total. The van der Waals surface area contributed by atoms with Crippen molar-refractivity contribution in [1.82, 2.24) is 9.78 Å². The molecule has 25 heavy (non-hydrogen) atoms. The molecule has 1 amide bonds. The molecule has 2 aromatic carbocycles. The molecule has 3 rings (SSSR count). The maximum Gasteiger partial charge on any atom is 0.338 e. The molecule has 0 atom stereocenters. The highest BCUT2D eigenvalue weighted by atomic mass is 19.1. The number of carboxylic acid groups (broad SMARTS) is 1. The average molecular weight is 341 g/mol. The van der Waals surface area contributed by atoms with Gasteiger partial charge in [0.2, 0.25) is 5.91 Å². The van der Waals surface area contributed by atoms with Crippen molar-refractivity contribution < 1.29 is 19.1 Å². The summed E-state index contributed by atoms with van der Waals surface area (Å²) in [5.74, 6) is -2.34. The summed E-state index contributed by atoms with van der Waals surface area (Å²) in [6.45, 7) is 0.700. The quantitative estimate of drug-likeness (QED) is 0.762. The van der Waals surface area contributed by atoms with Crippen molar-refractivity contribution in [2.75, 3.05) is 0 Å². The Morgan fingerprint density at radius 2 is 1.76 bits per heavy atom. The first-order valence-corrected chi connectivity index (χ1v) is 7.31. The Morgan fingerprint density at radius 1 is 1.08 bits per heavy atom. The molecule has 0 spiro atoms. The van der Waals surface area contributed by atoms with Gasteiger partial charge in [-0.2, -0.15) is 5.10 Å². The lowest BCUT2D eigenvalue weighted by Gasteiger charge is -2.02. The molecule has 0 aliphatic carbocycles. The van der Waals surface area contributed by atoms with Crippen LogP contribution < -0.4 is 5.73 Å². The van der Waals surface area contributed by atoms with Gasteiger partial charge in [-0.15, -0.1) is 0 Å². The Balaban J connectivity index is 0.000000196. The molecule has 0 aliphatic heterocycles. The largest absolute Gasteiger partial charge is 0.478 e. The van der Waals surface area contributed by atoms with E-state index in [4.69, 9.17) is 10.8 Å².